The van der Waals surface area contributed by atoms with E-state index in [0.717, 1.165) is 60.4 Å². The number of nitrogens with two attached hydrogens (primary N) is 1. The maximum Gasteiger partial charge on any atom is 0.314 e. The monoisotopic (exact) mass is 396 g/mol. The van der Waals surface area contributed by atoms with Crippen LogP contribution < -0.4 is 10.6 Å². The van der Waals surface area contributed by atoms with E-state index in [0.29, 0.717) is 18.7 Å². The molecule has 0 radical (unpaired) electrons. The van der Waals surface area contributed by atoms with E-state index in [9.17, 15) is 10.1 Å². The number of primary amides is 1. The third-order valence-electron chi connectivity index (χ3n) is 5.79. The molecule has 1 aliphatic heterocycles. The van der Waals surface area contributed by atoms with Gasteiger partial charge in [0.15, 0.2) is 5.65 Å². The number of hydrogen-bond acceptors (Lipinski definition) is 4. The molecule has 0 bridgehead atoms. The molecule has 8 heteroatoms. The molecule has 2 aliphatic rings. The lowest BCUT2D eigenvalue weighted by Gasteiger charge is -2.36. The molecule has 7 nitrogen and oxygen atoms in total. The van der Waals surface area contributed by atoms with Gasteiger partial charge in [0, 0.05) is 26.2 Å². The van der Waals surface area contributed by atoms with Gasteiger partial charge in [-0.2, -0.15) is 5.26 Å². The zero-order valence-corrected chi connectivity index (χ0v) is 16.2. The number of halogens is 1. The van der Waals surface area contributed by atoms with Crippen LogP contribution in [0, 0.1) is 11.3 Å². The quantitative estimate of drug-likeness (QED) is 0.684. The molecule has 3 heterocycles. The molecule has 1 aromatic carbocycles. The number of pyridine rings is 1. The Morgan fingerprint density at radius 3 is 2.54 bits per heavy atom. The Morgan fingerprint density at radius 2 is 1.82 bits per heavy atom. The summed E-state index contributed by atoms with van der Waals surface area (Å²) in [7, 11) is 0. The highest BCUT2D eigenvalue weighted by Gasteiger charge is 2.30. The molecule has 3 aromatic rings. The summed E-state index contributed by atoms with van der Waals surface area (Å²) < 4.78 is 2.15. The van der Waals surface area contributed by atoms with E-state index < -0.39 is 0 Å². The number of piperazine rings is 1. The van der Waals surface area contributed by atoms with Crippen molar-refractivity contribution in [2.24, 2.45) is 5.73 Å². The van der Waals surface area contributed by atoms with E-state index in [1.54, 1.807) is 4.90 Å². The second kappa shape index (κ2) is 6.88. The highest BCUT2D eigenvalue weighted by Crippen LogP contribution is 2.38. The number of aromatic nitrogens is 2. The second-order valence-electron chi connectivity index (χ2n) is 7.19. The van der Waals surface area contributed by atoms with Gasteiger partial charge in [-0.05, 0) is 42.5 Å². The summed E-state index contributed by atoms with van der Waals surface area (Å²) in [6.45, 7) is 2.67. The zero-order valence-electron chi connectivity index (χ0n) is 15.4. The van der Waals surface area contributed by atoms with E-state index in [1.807, 2.05) is 18.2 Å². The van der Waals surface area contributed by atoms with Crippen molar-refractivity contribution in [2.45, 2.75) is 19.3 Å². The van der Waals surface area contributed by atoms with Gasteiger partial charge in [-0.3, -0.25) is 4.40 Å². The number of fused-ring (bicyclic) bond motifs is 4. The third kappa shape index (κ3) is 2.56. The molecular formula is C20H21ClN6O. The van der Waals surface area contributed by atoms with Crippen LogP contribution in [0.15, 0.2) is 24.3 Å². The van der Waals surface area contributed by atoms with Crippen molar-refractivity contribution in [3.05, 3.63) is 41.0 Å². The minimum Gasteiger partial charge on any atom is -0.354 e. The number of benzene rings is 1. The lowest BCUT2D eigenvalue weighted by molar-refractivity contribution is 0.204. The molecule has 28 heavy (non-hydrogen) atoms. The minimum absolute atomic E-state index is 0. The average Bonchev–Trinajstić information content (AvgIpc) is 3.31. The van der Waals surface area contributed by atoms with Crippen LogP contribution in [-0.2, 0) is 12.8 Å². The first-order chi connectivity index (χ1) is 13.2. The van der Waals surface area contributed by atoms with Crippen LogP contribution in [0.2, 0.25) is 0 Å². The summed E-state index contributed by atoms with van der Waals surface area (Å²) >= 11 is 0. The summed E-state index contributed by atoms with van der Waals surface area (Å²) in [4.78, 5) is 20.3. The molecule has 1 saturated heterocycles. The maximum absolute atomic E-state index is 11.5. The normalized spacial score (nSPS) is 16.1. The number of rotatable bonds is 1. The fourth-order valence-electron chi connectivity index (χ4n) is 4.53. The smallest absolute Gasteiger partial charge is 0.314 e. The predicted octanol–water partition coefficient (Wildman–Crippen LogP) is 2.47. The number of carbonyl (C=O) groups is 1. The topological polar surface area (TPSA) is 90.7 Å². The van der Waals surface area contributed by atoms with Gasteiger partial charge in [-0.15, -0.1) is 12.4 Å². The molecule has 1 fully saturated rings. The highest BCUT2D eigenvalue weighted by atomic mass is 35.5. The van der Waals surface area contributed by atoms with Gasteiger partial charge in [0.1, 0.15) is 11.9 Å². The van der Waals surface area contributed by atoms with Crippen molar-refractivity contribution >= 4 is 40.9 Å². The number of urea groups is 1. The molecule has 0 spiro atoms. The largest absolute Gasteiger partial charge is 0.354 e. The molecule has 0 atom stereocenters. The first kappa shape index (κ1) is 18.4. The maximum atomic E-state index is 11.5. The van der Waals surface area contributed by atoms with Crippen LogP contribution in [-0.4, -0.2) is 46.5 Å². The number of nitrogens with zero attached hydrogens (tertiary/aromatic N) is 5. The number of carbonyl (C=O) groups excluding carboxylic acids is 1. The first-order valence-corrected chi connectivity index (χ1v) is 9.33. The molecular weight excluding hydrogens is 376 g/mol. The van der Waals surface area contributed by atoms with Gasteiger partial charge in [0.25, 0.3) is 0 Å². The summed E-state index contributed by atoms with van der Waals surface area (Å²) in [6, 6.07) is 10.1. The van der Waals surface area contributed by atoms with Crippen molar-refractivity contribution in [3.63, 3.8) is 0 Å². The van der Waals surface area contributed by atoms with Crippen molar-refractivity contribution < 1.29 is 4.79 Å². The number of anilines is 1. The highest BCUT2D eigenvalue weighted by molar-refractivity contribution is 5.87. The Bertz CT molecular complexity index is 1120. The van der Waals surface area contributed by atoms with E-state index >= 15 is 0 Å². The van der Waals surface area contributed by atoms with Gasteiger partial charge in [-0.25, -0.2) is 9.78 Å². The van der Waals surface area contributed by atoms with Gasteiger partial charge >= 0.3 is 6.03 Å². The Hall–Kier alpha value is -2.98. The van der Waals surface area contributed by atoms with Crippen molar-refractivity contribution in [3.8, 4) is 6.07 Å². The third-order valence-corrected chi connectivity index (χ3v) is 5.79. The van der Waals surface area contributed by atoms with E-state index in [-0.39, 0.29) is 18.4 Å². The van der Waals surface area contributed by atoms with Crippen LogP contribution in [0.4, 0.5) is 10.6 Å². The summed E-state index contributed by atoms with van der Waals surface area (Å²) in [5.41, 5.74) is 11.2. The van der Waals surface area contributed by atoms with Crippen molar-refractivity contribution in [2.75, 3.05) is 31.1 Å². The predicted molar refractivity (Wildman–Crippen MR) is 110 cm³/mol. The Balaban J connectivity index is 0.00000192. The average molecular weight is 397 g/mol. The number of amides is 2. The lowest BCUT2D eigenvalue weighted by Crippen LogP contribution is -2.51. The van der Waals surface area contributed by atoms with Gasteiger partial charge in [-0.1, -0.05) is 12.1 Å². The zero-order chi connectivity index (χ0) is 18.5. The number of para-hydroxylation sites is 2. The lowest BCUT2D eigenvalue weighted by atomic mass is 10.0. The fraction of sp³-hybridized carbons (Fsp3) is 0.350. The van der Waals surface area contributed by atoms with Gasteiger partial charge < -0.3 is 15.5 Å². The van der Waals surface area contributed by atoms with Crippen LogP contribution >= 0.6 is 12.4 Å². The molecule has 2 aromatic heterocycles. The van der Waals surface area contributed by atoms with Crippen LogP contribution in [0.25, 0.3) is 16.7 Å². The SMILES string of the molecule is Cl.N#Cc1c2c(c(N3CCN(C(N)=O)CC3)n3c1nc1ccccc13)CCC2. The van der Waals surface area contributed by atoms with Crippen LogP contribution in [0.3, 0.4) is 0 Å². The standard InChI is InChI=1S/C20H20N6O.ClH/c21-12-15-13-4-3-5-14(13)19(24-8-10-25(11-9-24)20(22)27)26-17-7-2-1-6-16(17)23-18(15)26;/h1-2,6-7H,3-5,8-11H2,(H2,22,27);1H. The van der Waals surface area contributed by atoms with E-state index in [2.05, 4.69) is 21.4 Å². The van der Waals surface area contributed by atoms with Gasteiger partial charge in [0.05, 0.1) is 16.6 Å². The fourth-order valence-corrected chi connectivity index (χ4v) is 4.53. The molecule has 5 rings (SSSR count). The van der Waals surface area contributed by atoms with E-state index in [4.69, 9.17) is 10.7 Å². The number of hydrogen-bond donors (Lipinski definition) is 1. The van der Waals surface area contributed by atoms with E-state index in [1.165, 1.54) is 5.56 Å². The Kier molecular flexibility index (Phi) is 4.52. The second-order valence-corrected chi connectivity index (χ2v) is 7.19. The van der Waals surface area contributed by atoms with Crippen molar-refractivity contribution in [1.82, 2.24) is 14.3 Å². The number of nitriles is 1. The summed E-state index contributed by atoms with van der Waals surface area (Å²) in [5, 5.41) is 9.85. The van der Waals surface area contributed by atoms with Crippen LogP contribution in [0.1, 0.15) is 23.1 Å². The Morgan fingerprint density at radius 1 is 1.11 bits per heavy atom. The molecule has 0 saturated carbocycles. The molecule has 1 aliphatic carbocycles. The summed E-state index contributed by atoms with van der Waals surface area (Å²) in [6.07, 6.45) is 2.95. The first-order valence-electron chi connectivity index (χ1n) is 9.33. The summed E-state index contributed by atoms with van der Waals surface area (Å²) in [5.74, 6) is 1.13. The van der Waals surface area contributed by atoms with Gasteiger partial charge in [0.2, 0.25) is 0 Å². The van der Waals surface area contributed by atoms with Crippen LogP contribution in [0.5, 0.6) is 0 Å². The van der Waals surface area contributed by atoms with Crippen molar-refractivity contribution in [1.29, 1.82) is 5.26 Å². The molecule has 0 unspecified atom stereocenters. The minimum atomic E-state index is -0.363. The molecule has 144 valence electrons. The Labute approximate surface area is 168 Å². The molecule has 2 N–H and O–H groups in total. The number of imidazole rings is 1. The molecule has 2 amide bonds.